The molecule has 0 aliphatic carbocycles. The third-order valence-electron chi connectivity index (χ3n) is 3.78. The molecule has 0 saturated carbocycles. The molecule has 1 aromatic carbocycles. The van der Waals surface area contributed by atoms with Crippen molar-refractivity contribution >= 4 is 17.8 Å². The van der Waals surface area contributed by atoms with E-state index < -0.39 is 5.97 Å². The minimum atomic E-state index is -0.419. The van der Waals surface area contributed by atoms with E-state index in [1.54, 1.807) is 56.9 Å². The topological polar surface area (TPSA) is 93.5 Å². The fourth-order valence-electron chi connectivity index (χ4n) is 2.25. The molecule has 2 amide bonds. The van der Waals surface area contributed by atoms with Crippen LogP contribution in [-0.4, -0.2) is 59.7 Å². The van der Waals surface area contributed by atoms with Gasteiger partial charge < -0.3 is 15.0 Å². The average Bonchev–Trinajstić information content (AvgIpc) is 3.01. The molecule has 0 saturated heterocycles. The lowest BCUT2D eigenvalue weighted by molar-refractivity contribution is -0.127. The number of amides is 2. The van der Waals surface area contributed by atoms with Crippen molar-refractivity contribution in [2.75, 3.05) is 27.2 Å². The third-order valence-corrected chi connectivity index (χ3v) is 3.78. The van der Waals surface area contributed by atoms with E-state index in [2.05, 4.69) is 10.4 Å². The second kappa shape index (κ2) is 8.28. The standard InChI is InChI=1S/C18H22N4O4/c1-5-26-18(25)15-10-20-22(12(15)2)14-8-6-13(7-9-14)17(24)19-11-16(23)21(3)4/h6-10H,5,11H2,1-4H3,(H,19,24). The van der Waals surface area contributed by atoms with Crippen molar-refractivity contribution < 1.29 is 19.1 Å². The van der Waals surface area contributed by atoms with E-state index in [0.29, 0.717) is 29.1 Å². The Kier molecular flexibility index (Phi) is 6.11. The van der Waals surface area contributed by atoms with E-state index in [1.807, 2.05) is 0 Å². The average molecular weight is 358 g/mol. The van der Waals surface area contributed by atoms with E-state index in [-0.39, 0.29) is 18.4 Å². The van der Waals surface area contributed by atoms with Gasteiger partial charge in [0.25, 0.3) is 5.91 Å². The Labute approximate surface area is 151 Å². The SMILES string of the molecule is CCOC(=O)c1cnn(-c2ccc(C(=O)NCC(=O)N(C)C)cc2)c1C. The Balaban J connectivity index is 2.11. The molecule has 8 nitrogen and oxygen atoms in total. The number of aromatic nitrogens is 2. The second-order valence-electron chi connectivity index (χ2n) is 5.79. The number of hydrogen-bond acceptors (Lipinski definition) is 5. The van der Waals surface area contributed by atoms with E-state index in [1.165, 1.54) is 11.1 Å². The van der Waals surface area contributed by atoms with Gasteiger partial charge in [-0.3, -0.25) is 9.59 Å². The smallest absolute Gasteiger partial charge is 0.341 e. The molecule has 1 aromatic heterocycles. The van der Waals surface area contributed by atoms with Crippen LogP contribution in [0, 0.1) is 6.92 Å². The van der Waals surface area contributed by atoms with Crippen molar-refractivity contribution in [2.45, 2.75) is 13.8 Å². The molecule has 0 atom stereocenters. The molecule has 0 spiro atoms. The zero-order valence-electron chi connectivity index (χ0n) is 15.3. The Morgan fingerprint density at radius 2 is 1.85 bits per heavy atom. The number of rotatable bonds is 6. The lowest BCUT2D eigenvalue weighted by Gasteiger charge is -2.11. The van der Waals surface area contributed by atoms with Gasteiger partial charge in [0.1, 0.15) is 5.56 Å². The van der Waals surface area contributed by atoms with Crippen LogP contribution >= 0.6 is 0 Å². The number of nitrogens with one attached hydrogen (secondary N) is 1. The highest BCUT2D eigenvalue weighted by molar-refractivity contribution is 5.96. The first kappa shape index (κ1) is 19.2. The normalized spacial score (nSPS) is 10.3. The molecule has 0 unspecified atom stereocenters. The third kappa shape index (κ3) is 4.27. The second-order valence-corrected chi connectivity index (χ2v) is 5.79. The number of benzene rings is 1. The number of carbonyl (C=O) groups excluding carboxylic acids is 3. The van der Waals surface area contributed by atoms with Gasteiger partial charge in [-0.1, -0.05) is 0 Å². The maximum absolute atomic E-state index is 12.1. The minimum absolute atomic E-state index is 0.0608. The van der Waals surface area contributed by atoms with Crippen LogP contribution in [0.1, 0.15) is 33.3 Å². The van der Waals surface area contributed by atoms with E-state index in [4.69, 9.17) is 4.74 Å². The van der Waals surface area contributed by atoms with Gasteiger partial charge in [0.15, 0.2) is 0 Å². The lowest BCUT2D eigenvalue weighted by Crippen LogP contribution is -2.36. The van der Waals surface area contributed by atoms with Gasteiger partial charge >= 0.3 is 5.97 Å². The highest BCUT2D eigenvalue weighted by atomic mass is 16.5. The first-order valence-electron chi connectivity index (χ1n) is 8.15. The Morgan fingerprint density at radius 3 is 2.42 bits per heavy atom. The molecule has 0 bridgehead atoms. The molecular formula is C18H22N4O4. The summed E-state index contributed by atoms with van der Waals surface area (Å²) in [5.74, 6) is -0.942. The molecule has 0 aliphatic rings. The largest absolute Gasteiger partial charge is 0.462 e. The summed E-state index contributed by atoms with van der Waals surface area (Å²) in [5, 5.41) is 6.78. The summed E-state index contributed by atoms with van der Waals surface area (Å²) < 4.78 is 6.60. The van der Waals surface area contributed by atoms with Crippen molar-refractivity contribution in [1.29, 1.82) is 0 Å². The van der Waals surface area contributed by atoms with Gasteiger partial charge in [-0.25, -0.2) is 9.48 Å². The van der Waals surface area contributed by atoms with Gasteiger partial charge in [-0.15, -0.1) is 0 Å². The summed E-state index contributed by atoms with van der Waals surface area (Å²) in [6.45, 7) is 3.75. The molecule has 26 heavy (non-hydrogen) atoms. The highest BCUT2D eigenvalue weighted by Crippen LogP contribution is 2.16. The molecule has 0 aliphatic heterocycles. The van der Waals surface area contributed by atoms with Crippen molar-refractivity contribution in [2.24, 2.45) is 0 Å². The van der Waals surface area contributed by atoms with Gasteiger partial charge in [0, 0.05) is 19.7 Å². The van der Waals surface area contributed by atoms with Crippen LogP contribution in [0.15, 0.2) is 30.5 Å². The molecule has 8 heteroatoms. The molecule has 0 fully saturated rings. The van der Waals surface area contributed by atoms with E-state index in [9.17, 15) is 14.4 Å². The number of hydrogen-bond donors (Lipinski definition) is 1. The summed E-state index contributed by atoms with van der Waals surface area (Å²) in [6.07, 6.45) is 1.46. The van der Waals surface area contributed by atoms with Gasteiger partial charge in [0.2, 0.25) is 5.91 Å². The van der Waals surface area contributed by atoms with Crippen LogP contribution < -0.4 is 5.32 Å². The number of ether oxygens (including phenoxy) is 1. The van der Waals surface area contributed by atoms with Crippen LogP contribution in [0.5, 0.6) is 0 Å². The zero-order valence-corrected chi connectivity index (χ0v) is 15.3. The first-order chi connectivity index (χ1) is 12.3. The van der Waals surface area contributed by atoms with Crippen molar-refractivity contribution in [3.05, 3.63) is 47.3 Å². The molecule has 1 N–H and O–H groups in total. The maximum atomic E-state index is 12.1. The lowest BCUT2D eigenvalue weighted by atomic mass is 10.2. The highest BCUT2D eigenvalue weighted by Gasteiger charge is 2.16. The predicted molar refractivity (Wildman–Crippen MR) is 95.3 cm³/mol. The Bertz CT molecular complexity index is 809. The predicted octanol–water partition coefficient (Wildman–Crippen LogP) is 1.18. The number of nitrogens with zero attached hydrogens (tertiary/aromatic N) is 3. The molecule has 2 rings (SSSR count). The van der Waals surface area contributed by atoms with Crippen LogP contribution in [0.4, 0.5) is 0 Å². The number of carbonyl (C=O) groups is 3. The van der Waals surface area contributed by atoms with Crippen LogP contribution in [0.2, 0.25) is 0 Å². The Morgan fingerprint density at radius 1 is 1.19 bits per heavy atom. The fraction of sp³-hybridized carbons (Fsp3) is 0.333. The first-order valence-corrected chi connectivity index (χ1v) is 8.15. The number of likely N-dealkylation sites (N-methyl/N-ethyl adjacent to an activating group) is 1. The monoisotopic (exact) mass is 358 g/mol. The maximum Gasteiger partial charge on any atom is 0.341 e. The Hall–Kier alpha value is -3.16. The van der Waals surface area contributed by atoms with E-state index in [0.717, 1.165) is 0 Å². The van der Waals surface area contributed by atoms with Crippen LogP contribution in [0.25, 0.3) is 5.69 Å². The van der Waals surface area contributed by atoms with E-state index >= 15 is 0 Å². The van der Waals surface area contributed by atoms with Crippen molar-refractivity contribution in [3.8, 4) is 5.69 Å². The molecule has 138 valence electrons. The summed E-state index contributed by atoms with van der Waals surface area (Å²) in [7, 11) is 3.25. The number of esters is 1. The van der Waals surface area contributed by atoms with Gasteiger partial charge in [0.05, 0.1) is 30.7 Å². The molecule has 0 radical (unpaired) electrons. The van der Waals surface area contributed by atoms with Crippen LogP contribution in [-0.2, 0) is 9.53 Å². The zero-order chi connectivity index (χ0) is 19.3. The van der Waals surface area contributed by atoms with Crippen LogP contribution in [0.3, 0.4) is 0 Å². The summed E-state index contributed by atoms with van der Waals surface area (Å²) in [5.41, 5.74) is 2.18. The summed E-state index contributed by atoms with van der Waals surface area (Å²) in [6, 6.07) is 6.71. The molecule has 2 aromatic rings. The van der Waals surface area contributed by atoms with Gasteiger partial charge in [-0.05, 0) is 38.1 Å². The summed E-state index contributed by atoms with van der Waals surface area (Å²) in [4.78, 5) is 36.9. The van der Waals surface area contributed by atoms with Crippen molar-refractivity contribution in [3.63, 3.8) is 0 Å². The fourth-order valence-corrected chi connectivity index (χ4v) is 2.25. The summed E-state index contributed by atoms with van der Waals surface area (Å²) >= 11 is 0. The quantitative estimate of drug-likeness (QED) is 0.783. The molecule has 1 heterocycles. The molecular weight excluding hydrogens is 336 g/mol. The van der Waals surface area contributed by atoms with Gasteiger partial charge in [-0.2, -0.15) is 5.10 Å². The van der Waals surface area contributed by atoms with Crippen molar-refractivity contribution in [1.82, 2.24) is 20.0 Å². The minimum Gasteiger partial charge on any atom is -0.462 e.